The van der Waals surface area contributed by atoms with Crippen molar-refractivity contribution in [2.24, 2.45) is 0 Å². The fourth-order valence-electron chi connectivity index (χ4n) is 2.54. The van der Waals surface area contributed by atoms with E-state index in [0.717, 1.165) is 6.07 Å². The first-order valence-electron chi connectivity index (χ1n) is 7.78. The molecule has 3 aromatic rings. The second-order valence-electron chi connectivity index (χ2n) is 5.48. The largest absolute Gasteiger partial charge is 0.454 e. The van der Waals surface area contributed by atoms with Gasteiger partial charge in [0.25, 0.3) is 0 Å². The second-order valence-corrected chi connectivity index (χ2v) is 7.36. The molecule has 0 aliphatic heterocycles. The normalized spacial score (nSPS) is 11.9. The van der Waals surface area contributed by atoms with E-state index in [1.54, 1.807) is 18.2 Å². The Hall–Kier alpha value is -2.85. The number of esters is 1. The van der Waals surface area contributed by atoms with E-state index in [0.29, 0.717) is 10.1 Å². The summed E-state index contributed by atoms with van der Waals surface area (Å²) >= 11 is 0. The average Bonchev–Trinajstić information content (AvgIpc) is 3.04. The summed E-state index contributed by atoms with van der Waals surface area (Å²) in [6.07, 6.45) is 0. The first-order valence-corrected chi connectivity index (χ1v) is 9.26. The zero-order chi connectivity index (χ0) is 19.6. The van der Waals surface area contributed by atoms with Crippen LogP contribution in [0.3, 0.4) is 0 Å². The number of alkyl halides is 2. The van der Waals surface area contributed by atoms with Crippen molar-refractivity contribution < 1.29 is 26.7 Å². The molecule has 2 aromatic carbocycles. The van der Waals surface area contributed by atoms with Crippen molar-refractivity contribution in [3.05, 3.63) is 59.9 Å². The van der Waals surface area contributed by atoms with E-state index >= 15 is 0 Å². The van der Waals surface area contributed by atoms with Gasteiger partial charge in [0.05, 0.1) is 21.5 Å². The quantitative estimate of drug-likeness (QED) is 0.648. The smallest absolute Gasteiger partial charge is 0.338 e. The van der Waals surface area contributed by atoms with E-state index in [1.165, 1.54) is 31.3 Å². The van der Waals surface area contributed by atoms with Crippen molar-refractivity contribution in [2.75, 3.05) is 7.05 Å². The number of ether oxygens (including phenoxy) is 1. The van der Waals surface area contributed by atoms with Gasteiger partial charge in [0.15, 0.2) is 5.82 Å². The van der Waals surface area contributed by atoms with Gasteiger partial charge in [-0.05, 0) is 37.4 Å². The molecular formula is C17H15F2N3O4S. The fraction of sp³-hybridized carbons (Fsp3) is 0.176. The SMILES string of the molecule is CNS(=O)(=O)c1cccc(C(=O)OCc2nc3ccccc3n2C(F)F)c1. The molecule has 142 valence electrons. The predicted octanol–water partition coefficient (Wildman–Crippen LogP) is 2.70. The number of sulfonamides is 1. The Morgan fingerprint density at radius 2 is 1.96 bits per heavy atom. The van der Waals surface area contributed by atoms with Gasteiger partial charge < -0.3 is 4.74 Å². The van der Waals surface area contributed by atoms with Crippen LogP contribution in [0.1, 0.15) is 22.7 Å². The highest BCUT2D eigenvalue weighted by Crippen LogP contribution is 2.23. The van der Waals surface area contributed by atoms with Crippen molar-refractivity contribution in [2.45, 2.75) is 18.1 Å². The summed E-state index contributed by atoms with van der Waals surface area (Å²) in [5, 5.41) is 0. The topological polar surface area (TPSA) is 90.3 Å². The number of aromatic nitrogens is 2. The molecule has 0 atom stereocenters. The van der Waals surface area contributed by atoms with Crippen molar-refractivity contribution in [1.29, 1.82) is 0 Å². The minimum absolute atomic E-state index is 0.0222. The molecule has 3 rings (SSSR count). The van der Waals surface area contributed by atoms with E-state index in [9.17, 15) is 22.0 Å². The number of carbonyl (C=O) groups is 1. The molecular weight excluding hydrogens is 380 g/mol. The third-order valence-corrected chi connectivity index (χ3v) is 5.26. The molecule has 0 amide bonds. The summed E-state index contributed by atoms with van der Waals surface area (Å²) in [4.78, 5) is 16.2. The number of nitrogens with zero attached hydrogens (tertiary/aromatic N) is 2. The number of nitrogens with one attached hydrogen (secondary N) is 1. The average molecular weight is 395 g/mol. The standard InChI is InChI=1S/C17H15F2N3O4S/c1-20-27(24,25)12-6-4-5-11(9-12)16(23)26-10-15-21-13-7-2-3-8-14(13)22(15)17(18)19/h2-9,17,20H,10H2,1H3. The monoisotopic (exact) mass is 395 g/mol. The lowest BCUT2D eigenvalue weighted by molar-refractivity contribution is 0.0387. The lowest BCUT2D eigenvalue weighted by Crippen LogP contribution is -2.19. The van der Waals surface area contributed by atoms with Crippen LogP contribution in [0.2, 0.25) is 0 Å². The molecule has 0 aliphatic rings. The van der Waals surface area contributed by atoms with Crippen LogP contribution in [0.25, 0.3) is 11.0 Å². The van der Waals surface area contributed by atoms with Crippen molar-refractivity contribution in [3.63, 3.8) is 0 Å². The van der Waals surface area contributed by atoms with E-state index in [-0.39, 0.29) is 21.8 Å². The van der Waals surface area contributed by atoms with Gasteiger partial charge in [-0.2, -0.15) is 8.78 Å². The van der Waals surface area contributed by atoms with Crippen LogP contribution in [0, 0.1) is 0 Å². The minimum atomic E-state index is -3.73. The number of imidazole rings is 1. The second kappa shape index (κ2) is 7.41. The maximum atomic E-state index is 13.4. The molecule has 0 saturated heterocycles. The summed E-state index contributed by atoms with van der Waals surface area (Å²) in [6.45, 7) is -3.34. The highest BCUT2D eigenvalue weighted by Gasteiger charge is 2.20. The highest BCUT2D eigenvalue weighted by atomic mass is 32.2. The summed E-state index contributed by atoms with van der Waals surface area (Å²) < 4.78 is 58.3. The summed E-state index contributed by atoms with van der Waals surface area (Å²) in [6, 6.07) is 11.5. The number of benzene rings is 2. The fourth-order valence-corrected chi connectivity index (χ4v) is 3.31. The molecule has 0 unspecified atom stereocenters. The van der Waals surface area contributed by atoms with Gasteiger partial charge in [0.2, 0.25) is 10.0 Å². The van der Waals surface area contributed by atoms with Crippen LogP contribution in [0.5, 0.6) is 0 Å². The number of para-hydroxylation sites is 2. The van der Waals surface area contributed by atoms with Crippen molar-refractivity contribution in [1.82, 2.24) is 14.3 Å². The summed E-state index contributed by atoms with van der Waals surface area (Å²) in [7, 11) is -2.48. The Kier molecular flexibility index (Phi) is 5.19. The summed E-state index contributed by atoms with van der Waals surface area (Å²) in [5.41, 5.74) is 0.553. The third-order valence-electron chi connectivity index (χ3n) is 3.85. The molecule has 0 aliphatic carbocycles. The zero-order valence-corrected chi connectivity index (χ0v) is 14.9. The lowest BCUT2D eigenvalue weighted by Gasteiger charge is -2.09. The van der Waals surface area contributed by atoms with E-state index in [1.807, 2.05) is 0 Å². The Balaban J connectivity index is 1.84. The molecule has 10 heteroatoms. The van der Waals surface area contributed by atoms with Crippen molar-refractivity contribution >= 4 is 27.0 Å². The molecule has 0 fully saturated rings. The molecule has 1 heterocycles. The number of fused-ring (bicyclic) bond motifs is 1. The van der Waals surface area contributed by atoms with Gasteiger partial charge in [-0.1, -0.05) is 18.2 Å². The maximum Gasteiger partial charge on any atom is 0.338 e. The third kappa shape index (κ3) is 3.81. The Morgan fingerprint density at radius 3 is 2.67 bits per heavy atom. The van der Waals surface area contributed by atoms with E-state index < -0.39 is 29.1 Å². The van der Waals surface area contributed by atoms with Gasteiger partial charge >= 0.3 is 12.5 Å². The lowest BCUT2D eigenvalue weighted by atomic mass is 10.2. The number of rotatable bonds is 6. The number of hydrogen-bond donors (Lipinski definition) is 1. The van der Waals surface area contributed by atoms with Gasteiger partial charge in [0, 0.05) is 0 Å². The van der Waals surface area contributed by atoms with Crippen LogP contribution in [-0.2, 0) is 21.4 Å². The van der Waals surface area contributed by atoms with Crippen LogP contribution < -0.4 is 4.72 Å². The molecule has 0 saturated carbocycles. The van der Waals surface area contributed by atoms with Gasteiger partial charge in [-0.15, -0.1) is 0 Å². The van der Waals surface area contributed by atoms with Gasteiger partial charge in [-0.25, -0.2) is 22.9 Å². The number of halogens is 2. The first kappa shape index (κ1) is 18.9. The Labute approximate surface area is 153 Å². The molecule has 1 aromatic heterocycles. The molecule has 7 nitrogen and oxygen atoms in total. The van der Waals surface area contributed by atoms with Gasteiger partial charge in [0.1, 0.15) is 6.61 Å². The highest BCUT2D eigenvalue weighted by molar-refractivity contribution is 7.89. The first-order chi connectivity index (χ1) is 12.8. The van der Waals surface area contributed by atoms with Crippen LogP contribution >= 0.6 is 0 Å². The Bertz CT molecular complexity index is 1100. The minimum Gasteiger partial charge on any atom is -0.454 e. The number of hydrogen-bond acceptors (Lipinski definition) is 5. The molecule has 1 N–H and O–H groups in total. The summed E-state index contributed by atoms with van der Waals surface area (Å²) in [5.74, 6) is -0.963. The number of carbonyl (C=O) groups excluding carboxylic acids is 1. The van der Waals surface area contributed by atoms with Crippen LogP contribution in [-0.4, -0.2) is 31.0 Å². The molecule has 0 radical (unpaired) electrons. The molecule has 27 heavy (non-hydrogen) atoms. The van der Waals surface area contributed by atoms with Gasteiger partial charge in [-0.3, -0.25) is 4.57 Å². The van der Waals surface area contributed by atoms with E-state index in [2.05, 4.69) is 9.71 Å². The van der Waals surface area contributed by atoms with Crippen LogP contribution in [0.4, 0.5) is 8.78 Å². The predicted molar refractivity (Wildman–Crippen MR) is 92.8 cm³/mol. The van der Waals surface area contributed by atoms with E-state index in [4.69, 9.17) is 4.74 Å². The molecule has 0 spiro atoms. The van der Waals surface area contributed by atoms with Crippen LogP contribution in [0.15, 0.2) is 53.4 Å². The zero-order valence-electron chi connectivity index (χ0n) is 14.1. The molecule has 0 bridgehead atoms. The maximum absolute atomic E-state index is 13.4. The Morgan fingerprint density at radius 1 is 1.22 bits per heavy atom. The van der Waals surface area contributed by atoms with Crippen molar-refractivity contribution in [3.8, 4) is 0 Å².